The van der Waals surface area contributed by atoms with Crippen LogP contribution in [0.15, 0.2) is 34.0 Å². The van der Waals surface area contributed by atoms with Gasteiger partial charge in [-0.1, -0.05) is 30.0 Å². The maximum absolute atomic E-state index is 11.8. The van der Waals surface area contributed by atoms with Crippen LogP contribution < -0.4 is 0 Å². The van der Waals surface area contributed by atoms with Gasteiger partial charge in [0.2, 0.25) is 0 Å². The van der Waals surface area contributed by atoms with E-state index < -0.39 is 5.97 Å². The number of carbonyl (C=O) groups is 1. The second-order valence-corrected chi connectivity index (χ2v) is 6.02. The molecule has 4 nitrogen and oxygen atoms in total. The van der Waals surface area contributed by atoms with E-state index in [1.54, 1.807) is 41.3 Å². The van der Waals surface area contributed by atoms with E-state index in [-0.39, 0.29) is 6.61 Å². The van der Waals surface area contributed by atoms with E-state index in [2.05, 4.69) is 4.98 Å². The highest BCUT2D eigenvalue weighted by Gasteiger charge is 2.12. The van der Waals surface area contributed by atoms with E-state index in [9.17, 15) is 4.79 Å². The van der Waals surface area contributed by atoms with Crippen LogP contribution in [0.4, 0.5) is 0 Å². The normalized spacial score (nSPS) is 10.0. The molecular weight excluding hydrogens is 292 g/mol. The van der Waals surface area contributed by atoms with Crippen molar-refractivity contribution in [2.24, 2.45) is 0 Å². The lowest BCUT2D eigenvalue weighted by Gasteiger charge is -2.06. The molecule has 0 atom stereocenters. The van der Waals surface area contributed by atoms with Gasteiger partial charge in [0.15, 0.2) is 6.61 Å². The van der Waals surface area contributed by atoms with Gasteiger partial charge in [0.25, 0.3) is 0 Å². The molecule has 2 rings (SSSR count). The average molecular weight is 304 g/mol. The predicted octanol–water partition coefficient (Wildman–Crippen LogP) is 3.42. The number of carbonyl (C=O) groups excluding carboxylic acids is 1. The highest BCUT2D eigenvalue weighted by molar-refractivity contribution is 8.00. The molecule has 0 aliphatic rings. The number of ether oxygens (including phenoxy) is 1. The van der Waals surface area contributed by atoms with Crippen molar-refractivity contribution in [3.8, 4) is 6.07 Å². The standard InChI is InChI=1S/C14H12N2O2S2/c1-10-8-19-14(16-10)20-9-11-4-2-3-5-12(11)13(17)18-7-6-15/h2-5,8H,7,9H2,1H3. The van der Waals surface area contributed by atoms with E-state index in [0.717, 1.165) is 15.6 Å². The van der Waals surface area contributed by atoms with Gasteiger partial charge in [-0.05, 0) is 18.6 Å². The van der Waals surface area contributed by atoms with E-state index in [0.29, 0.717) is 11.3 Å². The van der Waals surface area contributed by atoms with Gasteiger partial charge >= 0.3 is 5.97 Å². The van der Waals surface area contributed by atoms with Gasteiger partial charge in [-0.2, -0.15) is 5.26 Å². The second kappa shape index (κ2) is 7.08. The van der Waals surface area contributed by atoms with Gasteiger partial charge in [0.05, 0.1) is 5.56 Å². The zero-order valence-corrected chi connectivity index (χ0v) is 12.5. The third-order valence-electron chi connectivity index (χ3n) is 2.45. The molecule has 0 aliphatic heterocycles. The van der Waals surface area contributed by atoms with Crippen LogP contribution in [-0.4, -0.2) is 17.6 Å². The molecule has 0 saturated carbocycles. The van der Waals surface area contributed by atoms with Gasteiger partial charge in [-0.25, -0.2) is 9.78 Å². The number of aromatic nitrogens is 1. The van der Waals surface area contributed by atoms with Crippen molar-refractivity contribution >= 4 is 29.1 Å². The van der Waals surface area contributed by atoms with Crippen LogP contribution in [0.1, 0.15) is 21.6 Å². The first-order valence-corrected chi connectivity index (χ1v) is 7.74. The molecule has 0 fully saturated rings. The Hall–Kier alpha value is -1.84. The molecule has 1 aromatic heterocycles. The molecule has 6 heteroatoms. The van der Waals surface area contributed by atoms with Crippen LogP contribution in [0.5, 0.6) is 0 Å². The summed E-state index contributed by atoms with van der Waals surface area (Å²) in [5, 5.41) is 10.4. The van der Waals surface area contributed by atoms with Crippen molar-refractivity contribution in [2.75, 3.05) is 6.61 Å². The monoisotopic (exact) mass is 304 g/mol. The third-order valence-corrected chi connectivity index (χ3v) is 4.64. The van der Waals surface area contributed by atoms with Crippen molar-refractivity contribution in [3.63, 3.8) is 0 Å². The maximum Gasteiger partial charge on any atom is 0.339 e. The number of nitrogens with zero attached hydrogens (tertiary/aromatic N) is 2. The van der Waals surface area contributed by atoms with Crippen molar-refractivity contribution in [1.29, 1.82) is 5.26 Å². The summed E-state index contributed by atoms with van der Waals surface area (Å²) in [6.45, 7) is 1.72. The Morgan fingerprint density at radius 2 is 2.30 bits per heavy atom. The highest BCUT2D eigenvalue weighted by atomic mass is 32.2. The van der Waals surface area contributed by atoms with Gasteiger partial charge in [-0.3, -0.25) is 0 Å². The molecule has 0 saturated heterocycles. The lowest BCUT2D eigenvalue weighted by atomic mass is 10.1. The maximum atomic E-state index is 11.8. The van der Waals surface area contributed by atoms with Crippen molar-refractivity contribution in [3.05, 3.63) is 46.5 Å². The summed E-state index contributed by atoms with van der Waals surface area (Å²) in [4.78, 5) is 16.2. The molecule has 2 aromatic rings. The van der Waals surface area contributed by atoms with E-state index in [1.165, 1.54) is 0 Å². The van der Waals surface area contributed by atoms with E-state index in [1.807, 2.05) is 24.4 Å². The molecule has 0 bridgehead atoms. The SMILES string of the molecule is Cc1csc(SCc2ccccc2C(=O)OCC#N)n1. The number of aryl methyl sites for hydroxylation is 1. The average Bonchev–Trinajstić information content (AvgIpc) is 2.88. The number of thioether (sulfide) groups is 1. The molecular formula is C14H12N2O2S2. The minimum absolute atomic E-state index is 0.230. The topological polar surface area (TPSA) is 63.0 Å². The second-order valence-electron chi connectivity index (χ2n) is 3.93. The minimum atomic E-state index is -0.460. The van der Waals surface area contributed by atoms with Crippen LogP contribution in [0.3, 0.4) is 0 Å². The van der Waals surface area contributed by atoms with Gasteiger partial charge in [-0.15, -0.1) is 11.3 Å². The van der Waals surface area contributed by atoms with Crippen LogP contribution >= 0.6 is 23.1 Å². The fraction of sp³-hybridized carbons (Fsp3) is 0.214. The van der Waals surface area contributed by atoms with Crippen LogP contribution in [0.2, 0.25) is 0 Å². The van der Waals surface area contributed by atoms with Gasteiger partial charge in [0, 0.05) is 16.8 Å². The molecule has 20 heavy (non-hydrogen) atoms. The first kappa shape index (κ1) is 14.6. The number of esters is 1. The fourth-order valence-corrected chi connectivity index (χ4v) is 3.41. The van der Waals surface area contributed by atoms with Crippen molar-refractivity contribution < 1.29 is 9.53 Å². The first-order valence-electron chi connectivity index (χ1n) is 5.87. The molecule has 0 unspecified atom stereocenters. The predicted molar refractivity (Wildman–Crippen MR) is 78.7 cm³/mol. The number of hydrogen-bond donors (Lipinski definition) is 0. The van der Waals surface area contributed by atoms with Gasteiger partial charge in [0.1, 0.15) is 10.4 Å². The summed E-state index contributed by atoms with van der Waals surface area (Å²) in [7, 11) is 0. The number of hydrogen-bond acceptors (Lipinski definition) is 6. The van der Waals surface area contributed by atoms with Crippen molar-refractivity contribution in [1.82, 2.24) is 4.98 Å². The summed E-state index contributed by atoms with van der Waals surface area (Å²) < 4.78 is 5.83. The lowest BCUT2D eigenvalue weighted by Crippen LogP contribution is -2.08. The largest absolute Gasteiger partial charge is 0.447 e. The van der Waals surface area contributed by atoms with Crippen LogP contribution in [0.25, 0.3) is 0 Å². The Balaban J connectivity index is 2.08. The zero-order valence-electron chi connectivity index (χ0n) is 10.8. The Labute approximate surface area is 125 Å². The molecule has 0 amide bonds. The molecule has 0 radical (unpaired) electrons. The Kier molecular flexibility index (Phi) is 5.16. The number of rotatable bonds is 5. The number of benzene rings is 1. The van der Waals surface area contributed by atoms with Crippen LogP contribution in [-0.2, 0) is 10.5 Å². The molecule has 0 N–H and O–H groups in total. The molecule has 0 aliphatic carbocycles. The minimum Gasteiger partial charge on any atom is -0.447 e. The zero-order chi connectivity index (χ0) is 14.4. The van der Waals surface area contributed by atoms with E-state index in [4.69, 9.17) is 10.00 Å². The van der Waals surface area contributed by atoms with E-state index >= 15 is 0 Å². The molecule has 1 aromatic carbocycles. The first-order chi connectivity index (χ1) is 9.70. The number of thiazole rings is 1. The smallest absolute Gasteiger partial charge is 0.339 e. The van der Waals surface area contributed by atoms with Crippen LogP contribution in [0, 0.1) is 18.3 Å². The van der Waals surface area contributed by atoms with Crippen molar-refractivity contribution in [2.45, 2.75) is 17.0 Å². The quantitative estimate of drug-likeness (QED) is 0.625. The number of nitriles is 1. The summed E-state index contributed by atoms with van der Waals surface area (Å²) in [6.07, 6.45) is 0. The summed E-state index contributed by atoms with van der Waals surface area (Å²) >= 11 is 3.17. The molecule has 1 heterocycles. The van der Waals surface area contributed by atoms with Gasteiger partial charge < -0.3 is 4.74 Å². The highest BCUT2D eigenvalue weighted by Crippen LogP contribution is 2.27. The Morgan fingerprint density at radius 3 is 3.00 bits per heavy atom. The Bertz CT molecular complexity index is 647. The summed E-state index contributed by atoms with van der Waals surface area (Å²) in [6, 6.07) is 9.05. The molecule has 102 valence electrons. The fourth-order valence-electron chi connectivity index (χ4n) is 1.56. The Morgan fingerprint density at radius 1 is 1.50 bits per heavy atom. The third kappa shape index (κ3) is 3.83. The summed E-state index contributed by atoms with van der Waals surface area (Å²) in [5.74, 6) is 0.184. The molecule has 0 spiro atoms. The lowest BCUT2D eigenvalue weighted by molar-refractivity contribution is 0.0554. The summed E-state index contributed by atoms with van der Waals surface area (Å²) in [5.41, 5.74) is 2.39.